The maximum Gasteiger partial charge on any atom is 0.256 e. The van der Waals surface area contributed by atoms with Crippen molar-refractivity contribution in [2.75, 3.05) is 5.32 Å². The molecule has 0 spiro atoms. The SMILES string of the molecule is O=C(Nc1n[nH]c2ccc(O)cc12)c1ccccc1. The van der Waals surface area contributed by atoms with E-state index in [-0.39, 0.29) is 11.7 Å². The Morgan fingerprint density at radius 2 is 1.95 bits per heavy atom. The molecular weight excluding hydrogens is 242 g/mol. The van der Waals surface area contributed by atoms with Crippen molar-refractivity contribution in [2.24, 2.45) is 0 Å². The molecule has 0 unspecified atom stereocenters. The highest BCUT2D eigenvalue weighted by Crippen LogP contribution is 2.24. The number of phenols is 1. The van der Waals surface area contributed by atoms with Gasteiger partial charge < -0.3 is 10.4 Å². The van der Waals surface area contributed by atoms with E-state index in [1.807, 2.05) is 6.07 Å². The number of fused-ring (bicyclic) bond motifs is 1. The van der Waals surface area contributed by atoms with Crippen molar-refractivity contribution in [3.8, 4) is 5.75 Å². The van der Waals surface area contributed by atoms with E-state index >= 15 is 0 Å². The van der Waals surface area contributed by atoms with Crippen LogP contribution in [0.1, 0.15) is 10.4 Å². The number of aromatic nitrogens is 2. The Morgan fingerprint density at radius 1 is 1.16 bits per heavy atom. The lowest BCUT2D eigenvalue weighted by Crippen LogP contribution is -2.12. The van der Waals surface area contributed by atoms with Crippen LogP contribution in [-0.4, -0.2) is 21.2 Å². The van der Waals surface area contributed by atoms with Crippen LogP contribution in [0.5, 0.6) is 5.75 Å². The number of rotatable bonds is 2. The zero-order valence-electron chi connectivity index (χ0n) is 9.92. The Hall–Kier alpha value is -2.82. The summed E-state index contributed by atoms with van der Waals surface area (Å²) in [7, 11) is 0. The summed E-state index contributed by atoms with van der Waals surface area (Å²) in [4.78, 5) is 12.0. The number of anilines is 1. The number of hydrogen-bond donors (Lipinski definition) is 3. The highest BCUT2D eigenvalue weighted by Gasteiger charge is 2.11. The molecule has 0 aliphatic rings. The summed E-state index contributed by atoms with van der Waals surface area (Å²) in [6, 6.07) is 13.7. The molecule has 1 aromatic heterocycles. The fourth-order valence-corrected chi connectivity index (χ4v) is 1.87. The van der Waals surface area contributed by atoms with Gasteiger partial charge in [0.2, 0.25) is 0 Å². The maximum atomic E-state index is 12.0. The standard InChI is InChI=1S/C14H11N3O2/c18-10-6-7-12-11(8-10)13(17-16-12)15-14(19)9-4-2-1-3-5-9/h1-8,18H,(H2,15,16,17,19). The van der Waals surface area contributed by atoms with Crippen LogP contribution in [0.4, 0.5) is 5.82 Å². The number of amides is 1. The first-order chi connectivity index (χ1) is 9.24. The molecule has 0 bridgehead atoms. The van der Waals surface area contributed by atoms with Crippen molar-refractivity contribution in [3.63, 3.8) is 0 Å². The van der Waals surface area contributed by atoms with Crippen LogP contribution in [0, 0.1) is 0 Å². The number of phenolic OH excluding ortho intramolecular Hbond substituents is 1. The van der Waals surface area contributed by atoms with Crippen molar-refractivity contribution < 1.29 is 9.90 Å². The topological polar surface area (TPSA) is 78.0 Å². The Morgan fingerprint density at radius 3 is 2.74 bits per heavy atom. The number of aromatic amines is 1. The minimum Gasteiger partial charge on any atom is -0.508 e. The number of hydrogen-bond acceptors (Lipinski definition) is 3. The molecule has 3 aromatic rings. The molecule has 5 nitrogen and oxygen atoms in total. The molecule has 2 aromatic carbocycles. The van der Waals surface area contributed by atoms with Crippen molar-refractivity contribution >= 4 is 22.6 Å². The zero-order valence-corrected chi connectivity index (χ0v) is 9.92. The predicted molar refractivity (Wildman–Crippen MR) is 72.2 cm³/mol. The summed E-state index contributed by atoms with van der Waals surface area (Å²) in [6.07, 6.45) is 0. The molecule has 3 rings (SSSR count). The van der Waals surface area contributed by atoms with Gasteiger partial charge in [-0.05, 0) is 30.3 Å². The Kier molecular flexibility index (Phi) is 2.64. The molecule has 0 aliphatic carbocycles. The Balaban J connectivity index is 1.94. The van der Waals surface area contributed by atoms with E-state index in [9.17, 15) is 9.90 Å². The third kappa shape index (κ3) is 2.13. The first kappa shape index (κ1) is 11.3. The van der Waals surface area contributed by atoms with E-state index in [4.69, 9.17) is 0 Å². The highest BCUT2D eigenvalue weighted by atomic mass is 16.3. The molecule has 0 fully saturated rings. The van der Waals surface area contributed by atoms with E-state index in [0.29, 0.717) is 16.8 Å². The van der Waals surface area contributed by atoms with Crippen LogP contribution in [0.2, 0.25) is 0 Å². The van der Waals surface area contributed by atoms with Gasteiger partial charge in [0.05, 0.1) is 5.52 Å². The van der Waals surface area contributed by atoms with Crippen LogP contribution >= 0.6 is 0 Å². The van der Waals surface area contributed by atoms with Crippen molar-refractivity contribution in [3.05, 3.63) is 54.1 Å². The van der Waals surface area contributed by atoms with Crippen molar-refractivity contribution in [2.45, 2.75) is 0 Å². The number of nitrogens with zero attached hydrogens (tertiary/aromatic N) is 1. The fraction of sp³-hybridized carbons (Fsp3) is 0. The van der Waals surface area contributed by atoms with Crippen molar-refractivity contribution in [1.29, 1.82) is 0 Å². The number of carbonyl (C=O) groups is 1. The predicted octanol–water partition coefficient (Wildman–Crippen LogP) is 2.52. The van der Waals surface area contributed by atoms with E-state index in [1.165, 1.54) is 0 Å². The van der Waals surface area contributed by atoms with E-state index in [0.717, 1.165) is 5.52 Å². The van der Waals surface area contributed by atoms with Gasteiger partial charge in [-0.25, -0.2) is 0 Å². The van der Waals surface area contributed by atoms with Gasteiger partial charge in [0.25, 0.3) is 5.91 Å². The smallest absolute Gasteiger partial charge is 0.256 e. The Labute approximate surface area is 108 Å². The monoisotopic (exact) mass is 253 g/mol. The summed E-state index contributed by atoms with van der Waals surface area (Å²) in [5, 5.41) is 19.7. The van der Waals surface area contributed by atoms with Crippen LogP contribution < -0.4 is 5.32 Å². The van der Waals surface area contributed by atoms with Gasteiger partial charge >= 0.3 is 0 Å². The summed E-state index contributed by atoms with van der Waals surface area (Å²) in [5.41, 5.74) is 1.31. The number of aromatic hydroxyl groups is 1. The van der Waals surface area contributed by atoms with Gasteiger partial charge in [-0.1, -0.05) is 18.2 Å². The summed E-state index contributed by atoms with van der Waals surface area (Å²) >= 11 is 0. The normalized spacial score (nSPS) is 10.5. The molecule has 5 heteroatoms. The first-order valence-electron chi connectivity index (χ1n) is 5.77. The number of benzene rings is 2. The minimum absolute atomic E-state index is 0.129. The van der Waals surface area contributed by atoms with Gasteiger partial charge in [-0.15, -0.1) is 0 Å². The van der Waals surface area contributed by atoms with Crippen molar-refractivity contribution in [1.82, 2.24) is 10.2 Å². The molecule has 0 atom stereocenters. The summed E-state index contributed by atoms with van der Waals surface area (Å²) in [6.45, 7) is 0. The molecule has 0 saturated heterocycles. The van der Waals surface area contributed by atoms with Gasteiger partial charge in [-0.2, -0.15) is 5.10 Å². The van der Waals surface area contributed by atoms with Gasteiger partial charge in [0.1, 0.15) is 5.75 Å². The molecule has 3 N–H and O–H groups in total. The van der Waals surface area contributed by atoms with Crippen LogP contribution in [0.3, 0.4) is 0 Å². The zero-order chi connectivity index (χ0) is 13.2. The molecule has 1 heterocycles. The third-order valence-corrected chi connectivity index (χ3v) is 2.81. The second-order valence-corrected chi connectivity index (χ2v) is 4.12. The van der Waals surface area contributed by atoms with Gasteiger partial charge in [-0.3, -0.25) is 9.89 Å². The lowest BCUT2D eigenvalue weighted by molar-refractivity contribution is 0.102. The first-order valence-corrected chi connectivity index (χ1v) is 5.77. The van der Waals surface area contributed by atoms with Crippen LogP contribution in [-0.2, 0) is 0 Å². The van der Waals surface area contributed by atoms with E-state index in [2.05, 4.69) is 15.5 Å². The average Bonchev–Trinajstić information content (AvgIpc) is 2.82. The summed E-state index contributed by atoms with van der Waals surface area (Å²) < 4.78 is 0. The number of H-pyrrole nitrogens is 1. The second-order valence-electron chi connectivity index (χ2n) is 4.12. The Bertz CT molecular complexity index is 735. The molecular formula is C14H11N3O2. The molecule has 19 heavy (non-hydrogen) atoms. The molecule has 0 aliphatic heterocycles. The van der Waals surface area contributed by atoms with Crippen LogP contribution in [0.15, 0.2) is 48.5 Å². The minimum atomic E-state index is -0.239. The summed E-state index contributed by atoms with van der Waals surface area (Å²) in [5.74, 6) is 0.293. The lowest BCUT2D eigenvalue weighted by Gasteiger charge is -2.02. The van der Waals surface area contributed by atoms with Gasteiger partial charge in [0.15, 0.2) is 5.82 Å². The highest BCUT2D eigenvalue weighted by molar-refractivity contribution is 6.07. The second kappa shape index (κ2) is 4.45. The number of nitrogens with one attached hydrogen (secondary N) is 2. The third-order valence-electron chi connectivity index (χ3n) is 2.81. The molecule has 94 valence electrons. The fourth-order valence-electron chi connectivity index (χ4n) is 1.87. The maximum absolute atomic E-state index is 12.0. The molecule has 1 amide bonds. The molecule has 0 saturated carbocycles. The average molecular weight is 253 g/mol. The lowest BCUT2D eigenvalue weighted by atomic mass is 10.2. The van der Waals surface area contributed by atoms with Crippen LogP contribution in [0.25, 0.3) is 10.9 Å². The van der Waals surface area contributed by atoms with Gasteiger partial charge in [0, 0.05) is 10.9 Å². The number of carbonyl (C=O) groups excluding carboxylic acids is 1. The van der Waals surface area contributed by atoms with E-state index < -0.39 is 0 Å². The molecule has 0 radical (unpaired) electrons. The van der Waals surface area contributed by atoms with E-state index in [1.54, 1.807) is 42.5 Å². The largest absolute Gasteiger partial charge is 0.508 e. The quantitative estimate of drug-likeness (QED) is 0.656.